The highest BCUT2D eigenvalue weighted by Crippen LogP contribution is 2.35. The van der Waals surface area contributed by atoms with Gasteiger partial charge in [0.1, 0.15) is 0 Å². The summed E-state index contributed by atoms with van der Waals surface area (Å²) < 4.78 is 2.18. The second-order valence-corrected chi connectivity index (χ2v) is 8.83. The second-order valence-electron chi connectivity index (χ2n) is 7.00. The van der Waals surface area contributed by atoms with Crippen LogP contribution in [0, 0.1) is 12.6 Å². The van der Waals surface area contributed by atoms with E-state index in [1.54, 1.807) is 0 Å². The lowest BCUT2D eigenvalue weighted by atomic mass is 9.98. The molecule has 1 N–H and O–H groups in total. The number of halogens is 2. The van der Waals surface area contributed by atoms with Gasteiger partial charge >= 0.3 is 0 Å². The number of hydrogen-bond donors (Lipinski definition) is 1. The van der Waals surface area contributed by atoms with Gasteiger partial charge in [0, 0.05) is 21.1 Å². The molecule has 1 unspecified atom stereocenters. The zero-order valence-electron chi connectivity index (χ0n) is 15.9. The lowest BCUT2D eigenvalue weighted by Crippen LogP contribution is -2.25. The van der Waals surface area contributed by atoms with Gasteiger partial charge in [-0.2, -0.15) is 0 Å². The van der Waals surface area contributed by atoms with Gasteiger partial charge in [-0.1, -0.05) is 89.2 Å². The van der Waals surface area contributed by atoms with Crippen LogP contribution in [0.1, 0.15) is 50.7 Å². The van der Waals surface area contributed by atoms with Crippen LogP contribution < -0.4 is 5.32 Å². The van der Waals surface area contributed by atoms with E-state index >= 15 is 0 Å². The van der Waals surface area contributed by atoms with Crippen molar-refractivity contribution in [1.29, 1.82) is 0 Å². The van der Waals surface area contributed by atoms with Gasteiger partial charge in [-0.15, -0.1) is 0 Å². The molecule has 0 aromatic heterocycles. The molecular formula is C23H26Br2N2. The highest BCUT2D eigenvalue weighted by Gasteiger charge is 2.27. The van der Waals surface area contributed by atoms with E-state index in [2.05, 4.69) is 111 Å². The quantitative estimate of drug-likeness (QED) is 0.423. The Morgan fingerprint density at radius 3 is 2.07 bits per heavy atom. The topological polar surface area (TPSA) is 15.3 Å². The van der Waals surface area contributed by atoms with Crippen LogP contribution in [0.3, 0.4) is 0 Å². The van der Waals surface area contributed by atoms with Crippen LogP contribution >= 0.6 is 31.9 Å². The molecule has 2 aromatic carbocycles. The minimum absolute atomic E-state index is 0.675. The lowest BCUT2D eigenvalue weighted by Gasteiger charge is -2.25. The molecule has 0 amide bonds. The van der Waals surface area contributed by atoms with Crippen LogP contribution in [0.4, 0.5) is 0 Å². The van der Waals surface area contributed by atoms with E-state index < -0.39 is 0 Å². The zero-order valence-corrected chi connectivity index (χ0v) is 19.1. The molecule has 0 spiro atoms. The Labute approximate surface area is 180 Å². The Bertz CT molecular complexity index is 766. The monoisotopic (exact) mass is 488 g/mol. The summed E-state index contributed by atoms with van der Waals surface area (Å²) in [4.78, 5) is 2.28. The van der Waals surface area contributed by atoms with Crippen molar-refractivity contribution in [3.05, 3.63) is 75.3 Å². The Hall–Kier alpha value is -1.26. The van der Waals surface area contributed by atoms with Crippen molar-refractivity contribution in [3.8, 4) is 0 Å². The summed E-state index contributed by atoms with van der Waals surface area (Å²) in [5.74, 6) is 0.675. The van der Waals surface area contributed by atoms with Crippen LogP contribution in [0.5, 0.6) is 0 Å². The van der Waals surface area contributed by atoms with Crippen molar-refractivity contribution in [2.24, 2.45) is 5.92 Å². The molecule has 3 rings (SSSR count). The largest absolute Gasteiger partial charge is 0.353 e. The smallest absolute Gasteiger partial charge is 0.206 e. The van der Waals surface area contributed by atoms with Gasteiger partial charge in [-0.05, 0) is 42.2 Å². The van der Waals surface area contributed by atoms with Crippen LogP contribution in [0.2, 0.25) is 0 Å². The fraction of sp³-hybridized carbons (Fsp3) is 0.348. The van der Waals surface area contributed by atoms with Crippen molar-refractivity contribution in [2.45, 2.75) is 39.5 Å². The van der Waals surface area contributed by atoms with Gasteiger partial charge in [0.25, 0.3) is 0 Å². The van der Waals surface area contributed by atoms with Crippen LogP contribution in [-0.4, -0.2) is 11.4 Å². The van der Waals surface area contributed by atoms with Gasteiger partial charge in [0.15, 0.2) is 0 Å². The van der Waals surface area contributed by atoms with E-state index in [0.717, 1.165) is 21.2 Å². The molecule has 0 bridgehead atoms. The number of rotatable bonds is 8. The minimum atomic E-state index is 0.675. The van der Waals surface area contributed by atoms with E-state index in [0.29, 0.717) is 5.92 Å². The van der Waals surface area contributed by atoms with Gasteiger partial charge < -0.3 is 10.2 Å². The van der Waals surface area contributed by atoms with Crippen molar-refractivity contribution < 1.29 is 0 Å². The molecular weight excluding hydrogens is 464 g/mol. The van der Waals surface area contributed by atoms with Crippen molar-refractivity contribution in [2.75, 3.05) is 6.54 Å². The van der Waals surface area contributed by atoms with E-state index in [1.165, 1.54) is 42.5 Å². The summed E-state index contributed by atoms with van der Waals surface area (Å²) in [6.07, 6.45) is 5.00. The number of nitrogens with one attached hydrogen (secondary N) is 1. The van der Waals surface area contributed by atoms with Crippen LogP contribution in [-0.2, 0) is 0 Å². The molecule has 1 heterocycles. The molecule has 1 aliphatic rings. The number of hydrogen-bond acceptors (Lipinski definition) is 2. The van der Waals surface area contributed by atoms with Crippen molar-refractivity contribution in [3.63, 3.8) is 0 Å². The van der Waals surface area contributed by atoms with Gasteiger partial charge in [0.2, 0.25) is 6.67 Å². The summed E-state index contributed by atoms with van der Waals surface area (Å²) >= 11 is 7.08. The molecule has 0 aliphatic carbocycles. The number of benzene rings is 2. The van der Waals surface area contributed by atoms with Crippen molar-refractivity contribution >= 4 is 43.3 Å². The van der Waals surface area contributed by atoms with Gasteiger partial charge in [0.05, 0.1) is 11.4 Å². The summed E-state index contributed by atoms with van der Waals surface area (Å²) in [5, 5.41) is 3.42. The molecule has 2 nitrogen and oxygen atoms in total. The molecule has 142 valence electrons. The third-order valence-electron chi connectivity index (χ3n) is 5.06. The molecule has 4 heteroatoms. The molecule has 1 aliphatic heterocycles. The van der Waals surface area contributed by atoms with E-state index in [-0.39, 0.29) is 0 Å². The summed E-state index contributed by atoms with van der Waals surface area (Å²) in [6.45, 7) is 8.96. The number of nitrogens with zero attached hydrogens (tertiary/aromatic N) is 1. The predicted molar refractivity (Wildman–Crippen MR) is 121 cm³/mol. The summed E-state index contributed by atoms with van der Waals surface area (Å²) in [5.41, 5.74) is 4.71. The maximum Gasteiger partial charge on any atom is 0.206 e. The summed E-state index contributed by atoms with van der Waals surface area (Å²) in [6, 6.07) is 17.0. The molecule has 1 atom stereocenters. The Balaban J connectivity index is 1.95. The Morgan fingerprint density at radius 1 is 0.926 bits per heavy atom. The third-order valence-corrected chi connectivity index (χ3v) is 6.11. The maximum absolute atomic E-state index is 3.55. The minimum Gasteiger partial charge on any atom is -0.353 e. The number of unbranched alkanes of at least 4 members (excludes halogenated alkanes) is 1. The Morgan fingerprint density at radius 2 is 1.52 bits per heavy atom. The van der Waals surface area contributed by atoms with Crippen molar-refractivity contribution in [1.82, 2.24) is 10.2 Å². The van der Waals surface area contributed by atoms with E-state index in [1.807, 2.05) is 0 Å². The highest BCUT2D eigenvalue weighted by molar-refractivity contribution is 9.10. The van der Waals surface area contributed by atoms with E-state index in [4.69, 9.17) is 0 Å². The normalized spacial score (nSPS) is 15.2. The molecule has 0 fully saturated rings. The average Bonchev–Trinajstić information content (AvgIpc) is 3.09. The van der Waals surface area contributed by atoms with Gasteiger partial charge in [-0.25, -0.2) is 0 Å². The highest BCUT2D eigenvalue weighted by atomic mass is 79.9. The Kier molecular flexibility index (Phi) is 7.42. The molecule has 2 aromatic rings. The molecule has 2 radical (unpaired) electrons. The maximum atomic E-state index is 3.55. The zero-order chi connectivity index (χ0) is 19.2. The first-order valence-electron chi connectivity index (χ1n) is 9.67. The molecule has 27 heavy (non-hydrogen) atoms. The fourth-order valence-electron chi connectivity index (χ4n) is 3.42. The molecule has 0 saturated carbocycles. The van der Waals surface area contributed by atoms with Gasteiger partial charge in [-0.3, -0.25) is 0 Å². The standard InChI is InChI=1S/C23H26Br2N2/c1-3-5-6-17(4-2)15-27-16-26-22(18-7-11-20(24)12-8-18)23(27)19-9-13-21(25)14-10-19/h7-14,17,26H,3-6,15H2,1-2H3. The fourth-order valence-corrected chi connectivity index (χ4v) is 3.95. The lowest BCUT2D eigenvalue weighted by molar-refractivity contribution is 0.338. The third kappa shape index (κ3) is 5.17. The predicted octanol–water partition coefficient (Wildman–Crippen LogP) is 7.16. The second kappa shape index (κ2) is 9.79. The average molecular weight is 490 g/mol. The first kappa shape index (κ1) is 20.5. The SMILES string of the molecule is CCCCC(CC)CN1[C]NC(c2ccc(Br)cc2)=C1c1ccc(Br)cc1. The van der Waals surface area contributed by atoms with Crippen LogP contribution in [0.25, 0.3) is 11.4 Å². The molecule has 0 saturated heterocycles. The first-order valence-corrected chi connectivity index (χ1v) is 11.3. The van der Waals surface area contributed by atoms with Crippen LogP contribution in [0.15, 0.2) is 57.5 Å². The first-order chi connectivity index (χ1) is 13.1. The summed E-state index contributed by atoms with van der Waals surface area (Å²) in [7, 11) is 0. The van der Waals surface area contributed by atoms with E-state index in [9.17, 15) is 0 Å².